The molecule has 354 valence electrons. The Morgan fingerprint density at radius 1 is 0.727 bits per heavy atom. The lowest BCUT2D eigenvalue weighted by molar-refractivity contribution is -0.380. The Hall–Kier alpha value is -4.33. The van der Waals surface area contributed by atoms with Gasteiger partial charge in [-0.05, 0) is 16.7 Å². The van der Waals surface area contributed by atoms with Crippen LogP contribution in [0.5, 0.6) is 0 Å². The number of rotatable bonds is 19. The van der Waals surface area contributed by atoms with Gasteiger partial charge in [0.05, 0.1) is 46.8 Å². The summed E-state index contributed by atoms with van der Waals surface area (Å²) in [5.74, 6) is 0. The van der Waals surface area contributed by atoms with Crippen LogP contribution in [0.3, 0.4) is 0 Å². The summed E-state index contributed by atoms with van der Waals surface area (Å²) in [5, 5.41) is 2.78. The minimum absolute atomic E-state index is 0.00479. The van der Waals surface area contributed by atoms with Crippen molar-refractivity contribution in [3.8, 4) is 0 Å². The molecule has 4 aromatic carbocycles. The molecule has 0 saturated carbocycles. The molecule has 7 rings (SSSR count). The Kier molecular flexibility index (Phi) is 18.5. The van der Waals surface area contributed by atoms with E-state index in [-0.39, 0.29) is 39.6 Å². The van der Waals surface area contributed by atoms with Crippen LogP contribution in [0.2, 0.25) is 0 Å². The highest BCUT2D eigenvalue weighted by atomic mass is 35.6. The van der Waals surface area contributed by atoms with Crippen molar-refractivity contribution in [2.45, 2.75) is 91.3 Å². The van der Waals surface area contributed by atoms with E-state index in [4.69, 9.17) is 91.6 Å². The van der Waals surface area contributed by atoms with Crippen molar-refractivity contribution in [3.05, 3.63) is 156 Å². The first-order chi connectivity index (χ1) is 32.1. The van der Waals surface area contributed by atoms with Gasteiger partial charge in [-0.3, -0.25) is 0 Å². The summed E-state index contributed by atoms with van der Waals surface area (Å²) in [5.41, 5.74) is 3.32. The molecule has 0 radical (unpaired) electrons. The Bertz CT molecular complexity index is 2090. The summed E-state index contributed by atoms with van der Waals surface area (Å²) in [7, 11) is 1.18. The molecule has 4 aromatic rings. The van der Waals surface area contributed by atoms with Gasteiger partial charge < -0.3 is 62.2 Å². The maximum atomic E-state index is 13.6. The second-order valence-corrected chi connectivity index (χ2v) is 17.9. The molecule has 11 atom stereocenters. The molecule has 3 saturated heterocycles. The lowest BCUT2D eigenvalue weighted by Gasteiger charge is -2.51. The molecule has 0 bridgehead atoms. The molecule has 18 heteroatoms. The van der Waals surface area contributed by atoms with E-state index in [0.717, 1.165) is 16.7 Å². The highest BCUT2D eigenvalue weighted by Gasteiger charge is 2.57. The summed E-state index contributed by atoms with van der Waals surface area (Å²) in [6.07, 6.45) is -11.5. The van der Waals surface area contributed by atoms with Crippen LogP contribution in [0.1, 0.15) is 28.5 Å². The fraction of sp³-hybridized carbons (Fsp3) is 0.417. The van der Waals surface area contributed by atoms with Gasteiger partial charge >= 0.3 is 12.2 Å². The fourth-order valence-corrected chi connectivity index (χ4v) is 7.81. The van der Waals surface area contributed by atoms with Crippen LogP contribution < -0.4 is 5.32 Å². The molecular weight excluding hydrogens is 921 g/mol. The second-order valence-electron chi connectivity index (χ2n) is 15.4. The van der Waals surface area contributed by atoms with Gasteiger partial charge in [-0.15, -0.1) is 6.58 Å². The van der Waals surface area contributed by atoms with E-state index in [1.807, 2.05) is 121 Å². The van der Waals surface area contributed by atoms with Crippen LogP contribution in [0.15, 0.2) is 134 Å². The number of carbonyl (C=O) groups is 2. The van der Waals surface area contributed by atoms with E-state index in [9.17, 15) is 9.59 Å². The molecule has 3 fully saturated rings. The number of nitrogens with one attached hydrogen (secondary N) is 1. The van der Waals surface area contributed by atoms with Gasteiger partial charge in [0.15, 0.2) is 25.0 Å². The zero-order valence-electron chi connectivity index (χ0n) is 36.0. The van der Waals surface area contributed by atoms with Crippen molar-refractivity contribution in [1.29, 1.82) is 0 Å². The topological polar surface area (TPSA) is 157 Å². The quantitative estimate of drug-likeness (QED) is 0.0546. The third-order valence-corrected chi connectivity index (χ3v) is 11.0. The zero-order chi connectivity index (χ0) is 46.3. The Morgan fingerprint density at radius 2 is 1.32 bits per heavy atom. The normalized spacial score (nSPS) is 27.5. The largest absolute Gasteiger partial charge is 0.508 e. The third kappa shape index (κ3) is 14.1. The Balaban J connectivity index is 1.29. The first-order valence-corrected chi connectivity index (χ1v) is 22.4. The van der Waals surface area contributed by atoms with Gasteiger partial charge in [0.2, 0.25) is 3.79 Å². The van der Waals surface area contributed by atoms with Gasteiger partial charge in [-0.2, -0.15) is 0 Å². The monoisotopic (exact) mass is 971 g/mol. The van der Waals surface area contributed by atoms with Crippen LogP contribution >= 0.6 is 34.8 Å². The molecular formula is C48H52Cl3NO14. The predicted molar refractivity (Wildman–Crippen MR) is 240 cm³/mol. The summed E-state index contributed by atoms with van der Waals surface area (Å²) < 4.78 is 73.5. The highest BCUT2D eigenvalue weighted by molar-refractivity contribution is 6.67. The number of ether oxygens (including phenoxy) is 12. The number of amides is 1. The first-order valence-electron chi connectivity index (χ1n) is 21.3. The SMILES string of the molecule is C=CCO[C@H]1O[C@@H]2CO[C@@H](c3ccccc3)O[C@H]2[C@H](O[C@@H]2O[C@H](COCc3ccccc3)[C@H](OCc3ccccc3)[C@H](OCc3ccccc3)[C@H]2OC(=O)OC)[C@H]1NC(=O)OCC(Cl)(Cl)Cl. The van der Waals surface area contributed by atoms with Crippen LogP contribution in [-0.2, 0) is 76.7 Å². The lowest BCUT2D eigenvalue weighted by Crippen LogP contribution is -2.70. The minimum Gasteiger partial charge on any atom is -0.445 e. The van der Waals surface area contributed by atoms with Gasteiger partial charge in [-0.25, -0.2) is 9.59 Å². The third-order valence-electron chi connectivity index (χ3n) is 10.7. The van der Waals surface area contributed by atoms with Crippen LogP contribution in [-0.4, -0.2) is 111 Å². The average Bonchev–Trinajstić information content (AvgIpc) is 3.34. The minimum atomic E-state index is -1.92. The number of hydrogen-bond acceptors (Lipinski definition) is 14. The average molecular weight is 973 g/mol. The van der Waals surface area contributed by atoms with Gasteiger partial charge in [-0.1, -0.05) is 162 Å². The lowest BCUT2D eigenvalue weighted by atomic mass is 9.94. The van der Waals surface area contributed by atoms with Gasteiger partial charge in [0.1, 0.15) is 49.3 Å². The molecule has 0 spiro atoms. The molecule has 1 amide bonds. The van der Waals surface area contributed by atoms with Gasteiger partial charge in [0, 0.05) is 5.56 Å². The number of carbonyl (C=O) groups excluding carboxylic acids is 2. The first kappa shape index (κ1) is 49.6. The molecule has 1 N–H and O–H groups in total. The number of methoxy groups -OCH3 is 1. The molecule has 0 aromatic heterocycles. The van der Waals surface area contributed by atoms with E-state index >= 15 is 0 Å². The molecule has 0 aliphatic carbocycles. The van der Waals surface area contributed by atoms with Crippen molar-refractivity contribution in [2.75, 3.05) is 33.5 Å². The number of fused-ring (bicyclic) bond motifs is 1. The number of alkyl carbamates (subject to hydrolysis) is 1. The fourth-order valence-electron chi connectivity index (χ4n) is 7.65. The van der Waals surface area contributed by atoms with E-state index in [0.29, 0.717) is 5.56 Å². The van der Waals surface area contributed by atoms with Gasteiger partial charge in [0.25, 0.3) is 0 Å². The molecule has 15 nitrogen and oxygen atoms in total. The summed E-state index contributed by atoms with van der Waals surface area (Å²) in [4.78, 5) is 26.9. The standard InChI is InChI=1S/C48H52Cl3NO14/c1-3-24-57-44-37(52-46(53)61-30-48(49,50)51)40(39-36(62-44)29-60-43(64-39)34-22-14-7-15-23-34)65-45-42(66-47(54)55-2)41(59-27-33-20-12-6-13-21-33)38(58-26-32-18-10-5-11-19-32)35(63-45)28-56-25-31-16-8-4-9-17-31/h3-23,35-45H,1,24-30H2,2H3,(H,52,53)/t35-,36-,37-,38+,39-,40-,41+,42-,43-,44+,45+/m1/s1. The number of alkyl halides is 3. The molecule has 66 heavy (non-hydrogen) atoms. The zero-order valence-corrected chi connectivity index (χ0v) is 38.2. The van der Waals surface area contributed by atoms with E-state index in [2.05, 4.69) is 11.9 Å². The van der Waals surface area contributed by atoms with Crippen LogP contribution in [0.25, 0.3) is 0 Å². The number of halogens is 3. The Morgan fingerprint density at radius 3 is 1.91 bits per heavy atom. The highest BCUT2D eigenvalue weighted by Crippen LogP contribution is 2.39. The van der Waals surface area contributed by atoms with Crippen molar-refractivity contribution >= 4 is 47.1 Å². The van der Waals surface area contributed by atoms with Crippen LogP contribution in [0.4, 0.5) is 9.59 Å². The predicted octanol–water partition coefficient (Wildman–Crippen LogP) is 8.14. The van der Waals surface area contributed by atoms with E-state index < -0.39 is 90.3 Å². The molecule has 3 aliphatic rings. The van der Waals surface area contributed by atoms with Crippen molar-refractivity contribution in [2.24, 2.45) is 0 Å². The smallest absolute Gasteiger partial charge is 0.445 e. The van der Waals surface area contributed by atoms with Crippen molar-refractivity contribution in [1.82, 2.24) is 5.32 Å². The Labute approximate surface area is 398 Å². The van der Waals surface area contributed by atoms with E-state index in [1.165, 1.54) is 13.2 Å². The van der Waals surface area contributed by atoms with E-state index in [1.54, 1.807) is 0 Å². The van der Waals surface area contributed by atoms with Crippen LogP contribution in [0, 0.1) is 0 Å². The van der Waals surface area contributed by atoms with Crippen molar-refractivity contribution in [3.63, 3.8) is 0 Å². The number of hydrogen-bond donors (Lipinski definition) is 1. The summed E-state index contributed by atoms with van der Waals surface area (Å²) in [6.45, 7) is 3.61. The molecule has 3 heterocycles. The number of benzene rings is 4. The maximum absolute atomic E-state index is 13.6. The maximum Gasteiger partial charge on any atom is 0.508 e. The van der Waals surface area contributed by atoms with Crippen molar-refractivity contribution < 1.29 is 66.4 Å². The second kappa shape index (κ2) is 24.6. The molecule has 0 unspecified atom stereocenters. The molecule has 3 aliphatic heterocycles. The summed E-state index contributed by atoms with van der Waals surface area (Å²) in [6, 6.07) is 36.7. The summed E-state index contributed by atoms with van der Waals surface area (Å²) >= 11 is 17.8.